The van der Waals surface area contributed by atoms with Crippen LogP contribution in [0.2, 0.25) is 0 Å². The Hall–Kier alpha value is -1.20. The smallest absolute Gasteiger partial charge is 0.307 e. The zero-order valence-corrected chi connectivity index (χ0v) is 11.0. The van der Waals surface area contributed by atoms with Crippen LogP contribution in [0.3, 0.4) is 0 Å². The summed E-state index contributed by atoms with van der Waals surface area (Å²) in [6, 6.07) is 7.11. The maximum absolute atomic E-state index is 10.5. The Bertz CT molecular complexity index is 351. The number of ether oxygens (including phenoxy) is 1. The number of aliphatic carboxylic acids is 1. The normalized spacial score (nSPS) is 10.3. The molecule has 0 aromatic heterocycles. The van der Waals surface area contributed by atoms with E-state index in [4.69, 9.17) is 14.9 Å². The molecule has 1 rings (SSSR count). The molecular weight excluding hydrogens is 252 g/mol. The van der Waals surface area contributed by atoms with Crippen LogP contribution in [0, 0.1) is 0 Å². The van der Waals surface area contributed by atoms with E-state index in [9.17, 15) is 4.79 Å². The van der Waals surface area contributed by atoms with Crippen molar-refractivity contribution in [1.82, 2.24) is 0 Å². The predicted molar refractivity (Wildman–Crippen MR) is 72.3 cm³/mol. The van der Waals surface area contributed by atoms with E-state index in [0.29, 0.717) is 6.61 Å². The molecule has 1 aromatic carbocycles. The second-order valence-corrected chi connectivity index (χ2v) is 4.98. The highest BCUT2D eigenvalue weighted by atomic mass is 32.2. The standard InChI is InChI=1S/C13H18O4S/c14-6-1-8-18-9-7-17-12-4-2-11(3-5-12)10-13(15)16/h2-5,14H,1,6-10H2,(H,15,16). The van der Waals surface area contributed by atoms with Crippen molar-refractivity contribution in [2.75, 3.05) is 24.7 Å². The van der Waals surface area contributed by atoms with E-state index in [1.807, 2.05) is 0 Å². The van der Waals surface area contributed by atoms with E-state index >= 15 is 0 Å². The third-order valence-electron chi connectivity index (χ3n) is 2.22. The van der Waals surface area contributed by atoms with E-state index in [2.05, 4.69) is 0 Å². The second-order valence-electron chi connectivity index (χ2n) is 3.75. The molecule has 0 saturated carbocycles. The number of hydrogen-bond acceptors (Lipinski definition) is 4. The Morgan fingerprint density at radius 2 is 1.94 bits per heavy atom. The van der Waals surface area contributed by atoms with Gasteiger partial charge in [-0.25, -0.2) is 0 Å². The number of thioether (sulfide) groups is 1. The van der Waals surface area contributed by atoms with Crippen LogP contribution in [0.5, 0.6) is 5.75 Å². The Kier molecular flexibility index (Phi) is 7.29. The average Bonchev–Trinajstić information content (AvgIpc) is 2.35. The Labute approximate surface area is 111 Å². The molecule has 0 spiro atoms. The number of aliphatic hydroxyl groups excluding tert-OH is 1. The number of benzene rings is 1. The summed E-state index contributed by atoms with van der Waals surface area (Å²) in [4.78, 5) is 10.5. The summed E-state index contributed by atoms with van der Waals surface area (Å²) in [7, 11) is 0. The van der Waals surface area contributed by atoms with Crippen LogP contribution in [0.25, 0.3) is 0 Å². The summed E-state index contributed by atoms with van der Waals surface area (Å²) in [5.41, 5.74) is 0.771. The molecule has 0 heterocycles. The fourth-order valence-electron chi connectivity index (χ4n) is 1.37. The summed E-state index contributed by atoms with van der Waals surface area (Å²) < 4.78 is 5.52. The number of carboxylic acids is 1. The molecule has 5 heteroatoms. The lowest BCUT2D eigenvalue weighted by Gasteiger charge is -2.06. The minimum atomic E-state index is -0.830. The molecule has 0 unspecified atom stereocenters. The zero-order valence-electron chi connectivity index (χ0n) is 10.2. The minimum Gasteiger partial charge on any atom is -0.493 e. The topological polar surface area (TPSA) is 66.8 Å². The first-order valence-electron chi connectivity index (χ1n) is 5.84. The van der Waals surface area contributed by atoms with Crippen molar-refractivity contribution in [3.8, 4) is 5.75 Å². The molecule has 0 fully saturated rings. The van der Waals surface area contributed by atoms with Gasteiger partial charge in [-0.1, -0.05) is 12.1 Å². The number of rotatable bonds is 9. The lowest BCUT2D eigenvalue weighted by Crippen LogP contribution is -2.02. The summed E-state index contributed by atoms with van der Waals surface area (Å²) in [5, 5.41) is 17.2. The molecule has 0 aliphatic heterocycles. The van der Waals surface area contributed by atoms with Gasteiger partial charge < -0.3 is 14.9 Å². The van der Waals surface area contributed by atoms with Crippen LogP contribution in [-0.4, -0.2) is 40.9 Å². The lowest BCUT2D eigenvalue weighted by molar-refractivity contribution is -0.136. The summed E-state index contributed by atoms with van der Waals surface area (Å²) in [6.07, 6.45) is 0.853. The van der Waals surface area contributed by atoms with Gasteiger partial charge in [-0.05, 0) is 29.9 Å². The number of aliphatic hydroxyl groups is 1. The molecule has 4 nitrogen and oxygen atoms in total. The number of hydrogen-bond donors (Lipinski definition) is 2. The first kappa shape index (κ1) is 14.9. The van der Waals surface area contributed by atoms with Crippen LogP contribution < -0.4 is 4.74 Å². The van der Waals surface area contributed by atoms with Crippen molar-refractivity contribution < 1.29 is 19.7 Å². The van der Waals surface area contributed by atoms with Gasteiger partial charge in [0.1, 0.15) is 5.75 Å². The highest BCUT2D eigenvalue weighted by Crippen LogP contribution is 2.13. The summed E-state index contributed by atoms with van der Waals surface area (Å²) in [6.45, 7) is 0.854. The van der Waals surface area contributed by atoms with Crippen LogP contribution in [0.4, 0.5) is 0 Å². The first-order valence-corrected chi connectivity index (χ1v) is 7.00. The van der Waals surface area contributed by atoms with Crippen LogP contribution in [0.1, 0.15) is 12.0 Å². The highest BCUT2D eigenvalue weighted by Gasteiger charge is 2.00. The van der Waals surface area contributed by atoms with E-state index < -0.39 is 5.97 Å². The van der Waals surface area contributed by atoms with E-state index in [0.717, 1.165) is 29.2 Å². The van der Waals surface area contributed by atoms with Gasteiger partial charge in [0.15, 0.2) is 0 Å². The van der Waals surface area contributed by atoms with E-state index in [1.165, 1.54) is 0 Å². The SMILES string of the molecule is O=C(O)Cc1ccc(OCCSCCCO)cc1. The molecule has 0 amide bonds. The van der Waals surface area contributed by atoms with Gasteiger partial charge in [-0.15, -0.1) is 0 Å². The fraction of sp³-hybridized carbons (Fsp3) is 0.462. The van der Waals surface area contributed by atoms with Crippen molar-refractivity contribution in [2.45, 2.75) is 12.8 Å². The van der Waals surface area contributed by atoms with Crippen LogP contribution in [-0.2, 0) is 11.2 Å². The van der Waals surface area contributed by atoms with Crippen molar-refractivity contribution in [2.24, 2.45) is 0 Å². The predicted octanol–water partition coefficient (Wildman–Crippen LogP) is 1.81. The molecular formula is C13H18O4S. The van der Waals surface area contributed by atoms with Gasteiger partial charge in [-0.2, -0.15) is 11.8 Å². The molecule has 0 radical (unpaired) electrons. The third kappa shape index (κ3) is 6.51. The third-order valence-corrected chi connectivity index (χ3v) is 3.25. The van der Waals surface area contributed by atoms with Crippen molar-refractivity contribution in [1.29, 1.82) is 0 Å². The van der Waals surface area contributed by atoms with Gasteiger partial charge in [0.2, 0.25) is 0 Å². The molecule has 0 atom stereocenters. The number of carbonyl (C=O) groups is 1. The molecule has 0 saturated heterocycles. The van der Waals surface area contributed by atoms with Gasteiger partial charge >= 0.3 is 5.97 Å². The van der Waals surface area contributed by atoms with Gasteiger partial charge in [0.05, 0.1) is 13.0 Å². The van der Waals surface area contributed by atoms with Crippen LogP contribution in [0.15, 0.2) is 24.3 Å². The fourth-order valence-corrected chi connectivity index (χ4v) is 2.10. The minimum absolute atomic E-state index is 0.0390. The molecule has 0 bridgehead atoms. The molecule has 18 heavy (non-hydrogen) atoms. The average molecular weight is 270 g/mol. The molecule has 0 aliphatic carbocycles. The second kappa shape index (κ2) is 8.83. The summed E-state index contributed by atoms with van der Waals surface area (Å²) >= 11 is 1.75. The van der Waals surface area contributed by atoms with Gasteiger partial charge in [0, 0.05) is 12.4 Å². The Morgan fingerprint density at radius 3 is 2.56 bits per heavy atom. The Balaban J connectivity index is 2.20. The maximum atomic E-state index is 10.5. The summed E-state index contributed by atoms with van der Waals surface area (Å²) in [5.74, 6) is 1.75. The molecule has 2 N–H and O–H groups in total. The lowest BCUT2D eigenvalue weighted by atomic mass is 10.1. The first-order chi connectivity index (χ1) is 8.72. The highest BCUT2D eigenvalue weighted by molar-refractivity contribution is 7.99. The van der Waals surface area contributed by atoms with Crippen molar-refractivity contribution in [3.63, 3.8) is 0 Å². The van der Waals surface area contributed by atoms with E-state index in [1.54, 1.807) is 36.0 Å². The quantitative estimate of drug-likeness (QED) is 0.670. The van der Waals surface area contributed by atoms with Crippen molar-refractivity contribution >= 4 is 17.7 Å². The van der Waals surface area contributed by atoms with Crippen LogP contribution >= 0.6 is 11.8 Å². The largest absolute Gasteiger partial charge is 0.493 e. The van der Waals surface area contributed by atoms with Gasteiger partial charge in [0.25, 0.3) is 0 Å². The number of carboxylic acid groups (broad SMARTS) is 1. The maximum Gasteiger partial charge on any atom is 0.307 e. The van der Waals surface area contributed by atoms with E-state index in [-0.39, 0.29) is 13.0 Å². The van der Waals surface area contributed by atoms with Crippen molar-refractivity contribution in [3.05, 3.63) is 29.8 Å². The Morgan fingerprint density at radius 1 is 1.22 bits per heavy atom. The zero-order chi connectivity index (χ0) is 13.2. The molecule has 100 valence electrons. The monoisotopic (exact) mass is 270 g/mol. The molecule has 0 aliphatic rings. The molecule has 1 aromatic rings. The van der Waals surface area contributed by atoms with Gasteiger partial charge in [-0.3, -0.25) is 4.79 Å².